The van der Waals surface area contributed by atoms with Crippen LogP contribution in [0.15, 0.2) is 12.4 Å². The van der Waals surface area contributed by atoms with Crippen LogP contribution in [0.2, 0.25) is 0 Å². The minimum atomic E-state index is -3.32. The summed E-state index contributed by atoms with van der Waals surface area (Å²) in [4.78, 5) is 15.1. The highest BCUT2D eigenvalue weighted by Crippen LogP contribution is 2.27. The molecule has 1 aliphatic carbocycles. The molecule has 4 rings (SSSR count). The Balaban J connectivity index is 1.37. The number of hydrogen-bond acceptors (Lipinski definition) is 7. The van der Waals surface area contributed by atoms with Crippen molar-refractivity contribution in [2.75, 3.05) is 30.7 Å². The summed E-state index contributed by atoms with van der Waals surface area (Å²) in [5, 5.41) is 3.26. The average molecular weight is 480 g/mol. The Morgan fingerprint density at radius 3 is 2.61 bits per heavy atom. The first-order valence-corrected chi connectivity index (χ1v) is 13.4. The first kappa shape index (κ1) is 24.0. The molecule has 2 aromatic rings. The topological polar surface area (TPSA) is 105 Å². The lowest BCUT2D eigenvalue weighted by atomic mass is 10.2. The van der Waals surface area contributed by atoms with Gasteiger partial charge in [-0.3, -0.25) is 0 Å². The molecule has 0 unspecified atom stereocenters. The van der Waals surface area contributed by atoms with E-state index in [2.05, 4.69) is 29.9 Å². The second-order valence-electron chi connectivity index (χ2n) is 9.38. The second kappa shape index (κ2) is 10.0. The molecular formula is C22H34FN7O2S. The molecule has 2 N–H and O–H groups in total. The Hall–Kier alpha value is -2.11. The van der Waals surface area contributed by atoms with E-state index in [1.165, 1.54) is 6.20 Å². The smallest absolute Gasteiger partial charge is 0.223 e. The van der Waals surface area contributed by atoms with Gasteiger partial charge in [0.1, 0.15) is 11.5 Å². The van der Waals surface area contributed by atoms with Gasteiger partial charge in [-0.05, 0) is 66.0 Å². The molecule has 0 bridgehead atoms. The maximum atomic E-state index is 14.6. The highest BCUT2D eigenvalue weighted by Gasteiger charge is 2.29. The van der Waals surface area contributed by atoms with Gasteiger partial charge in [-0.2, -0.15) is 0 Å². The highest BCUT2D eigenvalue weighted by molar-refractivity contribution is 7.89. The fraction of sp³-hybridized carbons (Fsp3) is 0.682. The third-order valence-corrected chi connectivity index (χ3v) is 7.88. The maximum absolute atomic E-state index is 14.6. The number of aryl methyl sites for hydroxylation is 1. The number of nitrogens with one attached hydrogen (secondary N) is 2. The number of rotatable bonds is 9. The zero-order valence-electron chi connectivity index (χ0n) is 19.6. The Morgan fingerprint density at radius 1 is 1.15 bits per heavy atom. The summed E-state index contributed by atoms with van der Waals surface area (Å²) in [6.07, 6.45) is 7.28. The van der Waals surface area contributed by atoms with Crippen LogP contribution < -0.4 is 10.0 Å². The monoisotopic (exact) mass is 479 g/mol. The van der Waals surface area contributed by atoms with E-state index in [9.17, 15) is 12.8 Å². The minimum absolute atomic E-state index is 0.0198. The minimum Gasteiger partial charge on any atom is -0.351 e. The van der Waals surface area contributed by atoms with E-state index in [-0.39, 0.29) is 29.6 Å². The van der Waals surface area contributed by atoms with Crippen LogP contribution in [0, 0.1) is 12.7 Å². The van der Waals surface area contributed by atoms with Gasteiger partial charge in [-0.1, -0.05) is 0 Å². The van der Waals surface area contributed by atoms with Crippen LogP contribution >= 0.6 is 0 Å². The van der Waals surface area contributed by atoms with Gasteiger partial charge in [-0.25, -0.2) is 32.5 Å². The molecule has 0 radical (unpaired) electrons. The zero-order valence-corrected chi connectivity index (χ0v) is 20.4. The van der Waals surface area contributed by atoms with Crippen LogP contribution in [-0.4, -0.2) is 70.3 Å². The molecule has 2 aromatic heterocycles. The Bertz CT molecular complexity index is 1070. The van der Waals surface area contributed by atoms with Crippen LogP contribution in [-0.2, 0) is 10.0 Å². The van der Waals surface area contributed by atoms with Crippen molar-refractivity contribution in [2.24, 2.45) is 0 Å². The molecule has 182 valence electrons. The van der Waals surface area contributed by atoms with Crippen molar-refractivity contribution in [1.29, 1.82) is 0 Å². The molecule has 1 saturated carbocycles. The van der Waals surface area contributed by atoms with Crippen LogP contribution in [0.1, 0.15) is 57.8 Å². The van der Waals surface area contributed by atoms with Crippen molar-refractivity contribution in [1.82, 2.24) is 29.1 Å². The molecule has 1 aliphatic heterocycles. The van der Waals surface area contributed by atoms with E-state index < -0.39 is 15.8 Å². The van der Waals surface area contributed by atoms with Crippen LogP contribution in [0.4, 0.5) is 10.3 Å². The molecule has 0 aromatic carbocycles. The number of nitrogens with zero attached hydrogens (tertiary/aromatic N) is 5. The Labute approximate surface area is 195 Å². The number of hydrogen-bond donors (Lipinski definition) is 2. The first-order chi connectivity index (χ1) is 15.7. The molecule has 33 heavy (non-hydrogen) atoms. The molecule has 0 spiro atoms. The highest BCUT2D eigenvalue weighted by atomic mass is 32.2. The van der Waals surface area contributed by atoms with Gasteiger partial charge in [-0.15, -0.1) is 0 Å². The third kappa shape index (κ3) is 5.88. The van der Waals surface area contributed by atoms with Gasteiger partial charge < -0.3 is 14.8 Å². The SMILES string of the molecule is Cc1ncc(-c2nc(N[C@H]3CC[C@@H](NS(=O)(=O)CCN4CCCC4)C3)ncc2F)n1C(C)C. The average Bonchev–Trinajstić information content (AvgIpc) is 3.49. The number of aromatic nitrogens is 4. The summed E-state index contributed by atoms with van der Waals surface area (Å²) in [6, 6.07) is 0.0183. The number of imidazole rings is 1. The fourth-order valence-electron chi connectivity index (χ4n) is 4.87. The van der Waals surface area contributed by atoms with E-state index in [4.69, 9.17) is 0 Å². The summed E-state index contributed by atoms with van der Waals surface area (Å²) in [7, 11) is -3.32. The van der Waals surface area contributed by atoms with E-state index in [0.717, 1.165) is 44.6 Å². The zero-order chi connectivity index (χ0) is 23.6. The van der Waals surface area contributed by atoms with Crippen molar-refractivity contribution in [3.63, 3.8) is 0 Å². The molecule has 9 nitrogen and oxygen atoms in total. The lowest BCUT2D eigenvalue weighted by molar-refractivity contribution is 0.358. The molecule has 11 heteroatoms. The first-order valence-electron chi connectivity index (χ1n) is 11.8. The van der Waals surface area contributed by atoms with E-state index in [0.29, 0.717) is 24.6 Å². The third-order valence-electron chi connectivity index (χ3n) is 6.47. The van der Waals surface area contributed by atoms with Gasteiger partial charge in [0.25, 0.3) is 0 Å². The summed E-state index contributed by atoms with van der Waals surface area (Å²) >= 11 is 0. The number of likely N-dealkylation sites (tertiary alicyclic amines) is 1. The number of anilines is 1. The number of sulfonamides is 1. The van der Waals surface area contributed by atoms with Crippen molar-refractivity contribution in [3.05, 3.63) is 24.0 Å². The molecule has 0 amide bonds. The second-order valence-corrected chi connectivity index (χ2v) is 11.3. The summed E-state index contributed by atoms with van der Waals surface area (Å²) in [6.45, 7) is 8.47. The Kier molecular flexibility index (Phi) is 7.30. The van der Waals surface area contributed by atoms with Gasteiger partial charge in [0.05, 0.1) is 23.8 Å². The van der Waals surface area contributed by atoms with E-state index in [1.54, 1.807) is 6.20 Å². The summed E-state index contributed by atoms with van der Waals surface area (Å²) in [5.74, 6) is 0.762. The largest absolute Gasteiger partial charge is 0.351 e. The predicted octanol–water partition coefficient (Wildman–Crippen LogP) is 2.72. The van der Waals surface area contributed by atoms with Gasteiger partial charge in [0.2, 0.25) is 16.0 Å². The van der Waals surface area contributed by atoms with Crippen LogP contribution in [0.25, 0.3) is 11.4 Å². The van der Waals surface area contributed by atoms with Crippen molar-refractivity contribution >= 4 is 16.0 Å². The fourth-order valence-corrected chi connectivity index (χ4v) is 6.21. The van der Waals surface area contributed by atoms with Gasteiger partial charge in [0.15, 0.2) is 5.82 Å². The molecule has 2 atom stereocenters. The van der Waals surface area contributed by atoms with Crippen LogP contribution in [0.3, 0.4) is 0 Å². The van der Waals surface area contributed by atoms with Gasteiger partial charge >= 0.3 is 0 Å². The lowest BCUT2D eigenvalue weighted by Crippen LogP contribution is -2.38. The quantitative estimate of drug-likeness (QED) is 0.570. The normalized spacial score (nSPS) is 21.8. The predicted molar refractivity (Wildman–Crippen MR) is 126 cm³/mol. The molecule has 2 aliphatic rings. The molecule has 3 heterocycles. The molecule has 1 saturated heterocycles. The van der Waals surface area contributed by atoms with E-state index in [1.807, 2.05) is 25.3 Å². The number of halogens is 1. The van der Waals surface area contributed by atoms with Crippen LogP contribution in [0.5, 0.6) is 0 Å². The molecular weight excluding hydrogens is 445 g/mol. The summed E-state index contributed by atoms with van der Waals surface area (Å²) < 4.78 is 44.4. The molecule has 2 fully saturated rings. The lowest BCUT2D eigenvalue weighted by Gasteiger charge is -2.18. The Morgan fingerprint density at radius 2 is 1.88 bits per heavy atom. The standard InChI is InChI=1S/C22H34FN7O2S/c1-15(2)30-16(3)24-14-20(30)21-19(23)13-25-22(27-21)26-17-6-7-18(12-17)28-33(31,32)11-10-29-8-4-5-9-29/h13-15,17-18,28H,4-12H2,1-3H3,(H,25,26,27)/t17-,18+/m0/s1. The van der Waals surface area contributed by atoms with E-state index >= 15 is 0 Å². The van der Waals surface area contributed by atoms with Gasteiger partial charge in [0, 0.05) is 24.7 Å². The van der Waals surface area contributed by atoms with Crippen molar-refractivity contribution in [3.8, 4) is 11.4 Å². The maximum Gasteiger partial charge on any atom is 0.223 e. The summed E-state index contributed by atoms with van der Waals surface area (Å²) in [5.41, 5.74) is 0.819. The van der Waals surface area contributed by atoms with Crippen molar-refractivity contribution < 1.29 is 12.8 Å². The van der Waals surface area contributed by atoms with Crippen molar-refractivity contribution in [2.45, 2.75) is 71.0 Å².